The van der Waals surface area contributed by atoms with Gasteiger partial charge < -0.3 is 5.73 Å². The van der Waals surface area contributed by atoms with Crippen LogP contribution in [0.5, 0.6) is 0 Å². The molecule has 0 radical (unpaired) electrons. The van der Waals surface area contributed by atoms with E-state index < -0.39 is 0 Å². The highest BCUT2D eigenvalue weighted by molar-refractivity contribution is 7.19. The fourth-order valence-corrected chi connectivity index (χ4v) is 2.92. The molecule has 2 heterocycles. The number of aromatic nitrogens is 4. The molecule has 0 spiro atoms. The quantitative estimate of drug-likeness (QED) is 0.797. The first-order valence-corrected chi connectivity index (χ1v) is 6.58. The van der Waals surface area contributed by atoms with Gasteiger partial charge in [-0.15, -0.1) is 16.4 Å². The van der Waals surface area contributed by atoms with Crippen molar-refractivity contribution >= 4 is 33.2 Å². The lowest BCUT2D eigenvalue weighted by atomic mass is 10.3. The van der Waals surface area contributed by atoms with Crippen molar-refractivity contribution in [2.45, 2.75) is 13.1 Å². The number of nitrogens with two attached hydrogens (primary N) is 1. The van der Waals surface area contributed by atoms with E-state index in [0.29, 0.717) is 13.1 Å². The van der Waals surface area contributed by atoms with Crippen molar-refractivity contribution < 1.29 is 0 Å². The van der Waals surface area contributed by atoms with E-state index in [4.69, 9.17) is 17.3 Å². The highest BCUT2D eigenvalue weighted by Crippen LogP contribution is 2.29. The SMILES string of the molecule is NCc1cn(Cc2nc3cccc(Cl)c3s2)nn1. The topological polar surface area (TPSA) is 69.6 Å². The van der Waals surface area contributed by atoms with E-state index >= 15 is 0 Å². The molecule has 92 valence electrons. The van der Waals surface area contributed by atoms with Gasteiger partial charge in [0, 0.05) is 6.54 Å². The molecule has 0 aliphatic heterocycles. The van der Waals surface area contributed by atoms with Crippen LogP contribution in [0, 0.1) is 0 Å². The van der Waals surface area contributed by atoms with Crippen molar-refractivity contribution in [1.82, 2.24) is 20.0 Å². The summed E-state index contributed by atoms with van der Waals surface area (Å²) < 4.78 is 2.74. The third kappa shape index (κ3) is 2.10. The molecule has 7 heteroatoms. The van der Waals surface area contributed by atoms with Gasteiger partial charge >= 0.3 is 0 Å². The van der Waals surface area contributed by atoms with Crippen molar-refractivity contribution in [3.8, 4) is 0 Å². The largest absolute Gasteiger partial charge is 0.325 e. The number of fused-ring (bicyclic) bond motifs is 1. The maximum atomic E-state index is 6.12. The number of benzene rings is 1. The van der Waals surface area contributed by atoms with Crippen molar-refractivity contribution in [2.24, 2.45) is 5.73 Å². The van der Waals surface area contributed by atoms with Gasteiger partial charge in [-0.25, -0.2) is 9.67 Å². The molecule has 0 unspecified atom stereocenters. The third-order valence-electron chi connectivity index (χ3n) is 2.50. The average Bonchev–Trinajstić information content (AvgIpc) is 2.96. The molecule has 0 aliphatic rings. The summed E-state index contributed by atoms with van der Waals surface area (Å²) in [7, 11) is 0. The lowest BCUT2D eigenvalue weighted by molar-refractivity contribution is 0.647. The molecule has 5 nitrogen and oxygen atoms in total. The number of nitrogens with zero attached hydrogens (tertiary/aromatic N) is 4. The van der Waals surface area contributed by atoms with E-state index in [1.54, 1.807) is 16.0 Å². The second-order valence-corrected chi connectivity index (χ2v) is 5.30. The fourth-order valence-electron chi connectivity index (χ4n) is 1.68. The van der Waals surface area contributed by atoms with Gasteiger partial charge in [0.2, 0.25) is 0 Å². The third-order valence-corrected chi connectivity index (χ3v) is 4.02. The van der Waals surface area contributed by atoms with Crippen molar-refractivity contribution in [1.29, 1.82) is 0 Å². The predicted octanol–water partition coefficient (Wildman–Crippen LogP) is 2.05. The molecule has 3 aromatic rings. The summed E-state index contributed by atoms with van der Waals surface area (Å²) in [5.74, 6) is 0. The molecule has 0 amide bonds. The molecule has 0 aliphatic carbocycles. The zero-order valence-electron chi connectivity index (χ0n) is 9.38. The first kappa shape index (κ1) is 11.6. The lowest BCUT2D eigenvalue weighted by Gasteiger charge is -1.93. The van der Waals surface area contributed by atoms with E-state index in [-0.39, 0.29) is 0 Å². The Morgan fingerprint density at radius 2 is 2.28 bits per heavy atom. The van der Waals surface area contributed by atoms with E-state index in [1.165, 1.54) is 0 Å². The van der Waals surface area contributed by atoms with Crippen molar-refractivity contribution in [3.05, 3.63) is 40.1 Å². The van der Waals surface area contributed by atoms with Crippen molar-refractivity contribution in [2.75, 3.05) is 0 Å². The molecule has 0 atom stereocenters. The molecule has 0 bridgehead atoms. The minimum atomic E-state index is 0.395. The average molecular weight is 280 g/mol. The molecular formula is C11H10ClN5S. The molecular weight excluding hydrogens is 270 g/mol. The number of hydrogen-bond acceptors (Lipinski definition) is 5. The Morgan fingerprint density at radius 3 is 3.00 bits per heavy atom. The molecule has 2 N–H and O–H groups in total. The molecule has 2 aromatic heterocycles. The Labute approximate surface area is 112 Å². The standard InChI is InChI=1S/C11H10ClN5S/c12-8-2-1-3-9-11(8)18-10(14-9)6-17-5-7(4-13)15-16-17/h1-3,5H,4,6,13H2. The smallest absolute Gasteiger partial charge is 0.116 e. The van der Waals surface area contributed by atoms with Crippen LogP contribution in [0.4, 0.5) is 0 Å². The Morgan fingerprint density at radius 1 is 1.39 bits per heavy atom. The number of halogens is 1. The Kier molecular flexibility index (Phi) is 2.99. The summed E-state index contributed by atoms with van der Waals surface area (Å²) in [6.45, 7) is 0.981. The fraction of sp³-hybridized carbons (Fsp3) is 0.182. The second kappa shape index (κ2) is 4.64. The molecule has 1 aromatic carbocycles. The summed E-state index contributed by atoms with van der Waals surface area (Å²) in [5, 5.41) is 9.62. The van der Waals surface area contributed by atoms with Crippen LogP contribution in [-0.4, -0.2) is 20.0 Å². The monoisotopic (exact) mass is 279 g/mol. The van der Waals surface area contributed by atoms with E-state index in [9.17, 15) is 0 Å². The molecule has 0 saturated heterocycles. The molecule has 3 rings (SSSR count). The number of rotatable bonds is 3. The molecule has 0 saturated carbocycles. The molecule has 18 heavy (non-hydrogen) atoms. The van der Waals surface area contributed by atoms with E-state index in [1.807, 2.05) is 24.4 Å². The van der Waals surface area contributed by atoms with Crippen LogP contribution < -0.4 is 5.73 Å². The zero-order chi connectivity index (χ0) is 12.5. The maximum absolute atomic E-state index is 6.12. The predicted molar refractivity (Wildman–Crippen MR) is 71.6 cm³/mol. The highest BCUT2D eigenvalue weighted by Gasteiger charge is 2.08. The number of hydrogen-bond donors (Lipinski definition) is 1. The Hall–Kier alpha value is -1.50. The van der Waals surface area contributed by atoms with Crippen LogP contribution in [0.15, 0.2) is 24.4 Å². The normalized spacial score (nSPS) is 11.2. The van der Waals surface area contributed by atoms with Gasteiger partial charge in [0.25, 0.3) is 0 Å². The first-order valence-electron chi connectivity index (χ1n) is 5.39. The zero-order valence-corrected chi connectivity index (χ0v) is 10.9. The molecule has 0 fully saturated rings. The van der Waals surface area contributed by atoms with Crippen LogP contribution in [0.1, 0.15) is 10.7 Å². The first-order chi connectivity index (χ1) is 8.76. The maximum Gasteiger partial charge on any atom is 0.116 e. The minimum Gasteiger partial charge on any atom is -0.325 e. The Bertz CT molecular complexity index is 690. The van der Waals surface area contributed by atoms with E-state index in [2.05, 4.69) is 15.3 Å². The van der Waals surface area contributed by atoms with Crippen LogP contribution >= 0.6 is 22.9 Å². The Balaban J connectivity index is 1.93. The van der Waals surface area contributed by atoms with Gasteiger partial charge in [-0.2, -0.15) is 0 Å². The van der Waals surface area contributed by atoms with Crippen LogP contribution in [0.3, 0.4) is 0 Å². The summed E-state index contributed by atoms with van der Waals surface area (Å²) in [5.41, 5.74) is 7.18. The van der Waals surface area contributed by atoms with Gasteiger partial charge in [-0.3, -0.25) is 0 Å². The van der Waals surface area contributed by atoms with Gasteiger partial charge in [0.05, 0.1) is 33.7 Å². The lowest BCUT2D eigenvalue weighted by Crippen LogP contribution is -1.99. The summed E-state index contributed by atoms with van der Waals surface area (Å²) >= 11 is 7.69. The summed E-state index contributed by atoms with van der Waals surface area (Å²) in [4.78, 5) is 4.52. The van der Waals surface area contributed by atoms with Gasteiger partial charge in [0.15, 0.2) is 0 Å². The van der Waals surface area contributed by atoms with Crippen molar-refractivity contribution in [3.63, 3.8) is 0 Å². The van der Waals surface area contributed by atoms with Gasteiger partial charge in [-0.1, -0.05) is 22.9 Å². The highest BCUT2D eigenvalue weighted by atomic mass is 35.5. The van der Waals surface area contributed by atoms with Crippen LogP contribution in [0.25, 0.3) is 10.2 Å². The van der Waals surface area contributed by atoms with Crippen LogP contribution in [0.2, 0.25) is 5.02 Å². The summed E-state index contributed by atoms with van der Waals surface area (Å²) in [6, 6.07) is 5.72. The second-order valence-electron chi connectivity index (χ2n) is 3.81. The minimum absolute atomic E-state index is 0.395. The van der Waals surface area contributed by atoms with E-state index in [0.717, 1.165) is 25.9 Å². The van der Waals surface area contributed by atoms with Gasteiger partial charge in [-0.05, 0) is 12.1 Å². The summed E-state index contributed by atoms with van der Waals surface area (Å²) in [6.07, 6.45) is 1.83. The van der Waals surface area contributed by atoms with Gasteiger partial charge in [0.1, 0.15) is 5.01 Å². The van der Waals surface area contributed by atoms with Crippen LogP contribution in [-0.2, 0) is 13.1 Å². The number of thiazole rings is 1.